The molecule has 1 fully saturated rings. The van der Waals surface area contributed by atoms with Gasteiger partial charge in [0.1, 0.15) is 11.6 Å². The second-order valence-corrected chi connectivity index (χ2v) is 7.80. The Labute approximate surface area is 171 Å². The summed E-state index contributed by atoms with van der Waals surface area (Å²) in [6, 6.07) is 22.2. The van der Waals surface area contributed by atoms with E-state index in [1.54, 1.807) is 6.07 Å². The average molecular weight is 392 g/mol. The van der Waals surface area contributed by atoms with Gasteiger partial charge in [-0.15, -0.1) is 0 Å². The predicted octanol–water partition coefficient (Wildman–Crippen LogP) is 5.68. The first-order valence-electron chi connectivity index (χ1n) is 10.1. The molecule has 0 bridgehead atoms. The standard InChI is InChI=1S/C25H26F2N2/c1-19-7-9-20(10-8-19)17-28-15-4-16-29(18-21-11-13-22(26)14-12-21)25(28)23-5-2-3-6-24(23)27/h2-3,5-14,25H,4,15-18H2,1H3/t25-/m0/s1. The maximum atomic E-state index is 14.8. The fourth-order valence-corrected chi connectivity index (χ4v) is 4.11. The van der Waals surface area contributed by atoms with Crippen molar-refractivity contribution in [1.82, 2.24) is 9.80 Å². The molecule has 0 saturated carbocycles. The summed E-state index contributed by atoms with van der Waals surface area (Å²) in [4.78, 5) is 4.64. The fraction of sp³-hybridized carbons (Fsp3) is 0.280. The lowest BCUT2D eigenvalue weighted by molar-refractivity contribution is -0.0111. The highest BCUT2D eigenvalue weighted by Crippen LogP contribution is 2.33. The van der Waals surface area contributed by atoms with Gasteiger partial charge in [-0.25, -0.2) is 8.78 Å². The van der Waals surface area contributed by atoms with Gasteiger partial charge in [0.2, 0.25) is 0 Å². The minimum Gasteiger partial charge on any atom is -0.280 e. The molecule has 4 heteroatoms. The maximum absolute atomic E-state index is 14.8. The molecule has 1 aliphatic heterocycles. The van der Waals surface area contributed by atoms with Gasteiger partial charge in [-0.2, -0.15) is 0 Å². The molecule has 1 aliphatic rings. The van der Waals surface area contributed by atoms with Crippen LogP contribution in [-0.4, -0.2) is 22.9 Å². The van der Waals surface area contributed by atoms with E-state index in [2.05, 4.69) is 41.0 Å². The summed E-state index contributed by atoms with van der Waals surface area (Å²) in [5, 5.41) is 0. The lowest BCUT2D eigenvalue weighted by Gasteiger charge is -2.44. The molecule has 0 radical (unpaired) electrons. The van der Waals surface area contributed by atoms with Crippen molar-refractivity contribution in [1.29, 1.82) is 0 Å². The Morgan fingerprint density at radius 1 is 0.759 bits per heavy atom. The zero-order chi connectivity index (χ0) is 20.2. The van der Waals surface area contributed by atoms with E-state index in [0.717, 1.165) is 31.6 Å². The van der Waals surface area contributed by atoms with E-state index in [1.165, 1.54) is 29.3 Å². The first-order valence-corrected chi connectivity index (χ1v) is 10.1. The van der Waals surface area contributed by atoms with Crippen LogP contribution in [0.25, 0.3) is 0 Å². The maximum Gasteiger partial charge on any atom is 0.129 e. The third kappa shape index (κ3) is 4.72. The Bertz CT molecular complexity index is 882. The number of nitrogens with zero attached hydrogens (tertiary/aromatic N) is 2. The summed E-state index contributed by atoms with van der Waals surface area (Å²) in [6.07, 6.45) is 0.856. The number of hydrogen-bond donors (Lipinski definition) is 0. The topological polar surface area (TPSA) is 6.48 Å². The number of aryl methyl sites for hydroxylation is 1. The van der Waals surface area contributed by atoms with Crippen molar-refractivity contribution in [2.24, 2.45) is 0 Å². The Morgan fingerprint density at radius 3 is 1.90 bits per heavy atom. The lowest BCUT2D eigenvalue weighted by Crippen LogP contribution is -2.47. The van der Waals surface area contributed by atoms with Crippen molar-refractivity contribution >= 4 is 0 Å². The first-order chi connectivity index (χ1) is 14.1. The van der Waals surface area contributed by atoms with Crippen molar-refractivity contribution in [3.63, 3.8) is 0 Å². The molecule has 0 amide bonds. The average Bonchev–Trinajstić information content (AvgIpc) is 2.72. The summed E-state index contributed by atoms with van der Waals surface area (Å²) >= 11 is 0. The van der Waals surface area contributed by atoms with Gasteiger partial charge in [0.05, 0.1) is 6.17 Å². The van der Waals surface area contributed by atoms with Crippen molar-refractivity contribution in [3.05, 3.63) is 107 Å². The third-order valence-electron chi connectivity index (χ3n) is 5.57. The van der Waals surface area contributed by atoms with Crippen LogP contribution in [0.5, 0.6) is 0 Å². The molecular weight excluding hydrogens is 366 g/mol. The molecule has 0 aliphatic carbocycles. The van der Waals surface area contributed by atoms with Gasteiger partial charge in [-0.3, -0.25) is 9.80 Å². The highest BCUT2D eigenvalue weighted by atomic mass is 19.1. The largest absolute Gasteiger partial charge is 0.280 e. The van der Waals surface area contributed by atoms with Crippen LogP contribution in [0, 0.1) is 18.6 Å². The van der Waals surface area contributed by atoms with E-state index >= 15 is 0 Å². The van der Waals surface area contributed by atoms with Gasteiger partial charge < -0.3 is 0 Å². The van der Waals surface area contributed by atoms with Gasteiger partial charge in [-0.05, 0) is 42.7 Å². The van der Waals surface area contributed by atoms with Gasteiger partial charge in [0.15, 0.2) is 0 Å². The Balaban J connectivity index is 1.64. The Hall–Kier alpha value is -2.56. The van der Waals surface area contributed by atoms with Crippen LogP contribution in [0.1, 0.15) is 34.8 Å². The summed E-state index contributed by atoms with van der Waals surface area (Å²) < 4.78 is 28.1. The Morgan fingerprint density at radius 2 is 1.31 bits per heavy atom. The SMILES string of the molecule is Cc1ccc(CN2CCCN(Cc3ccc(F)cc3)[C@H]2c2ccccc2F)cc1. The zero-order valence-corrected chi connectivity index (χ0v) is 16.7. The van der Waals surface area contributed by atoms with E-state index < -0.39 is 0 Å². The van der Waals surface area contributed by atoms with Crippen LogP contribution in [0.3, 0.4) is 0 Å². The third-order valence-corrected chi connectivity index (χ3v) is 5.57. The molecule has 1 atom stereocenters. The van der Waals surface area contributed by atoms with Crippen molar-refractivity contribution in [2.75, 3.05) is 13.1 Å². The minimum atomic E-state index is -0.237. The van der Waals surface area contributed by atoms with Crippen LogP contribution in [-0.2, 0) is 13.1 Å². The van der Waals surface area contributed by atoms with Crippen LogP contribution in [0.4, 0.5) is 8.78 Å². The van der Waals surface area contributed by atoms with E-state index in [4.69, 9.17) is 0 Å². The number of rotatable bonds is 5. The molecular formula is C25H26F2N2. The molecule has 29 heavy (non-hydrogen) atoms. The number of halogens is 2. The lowest BCUT2D eigenvalue weighted by atomic mass is 10.0. The predicted molar refractivity (Wildman–Crippen MR) is 112 cm³/mol. The summed E-state index contributed by atoms with van der Waals surface area (Å²) in [5.74, 6) is -0.420. The molecule has 1 heterocycles. The summed E-state index contributed by atoms with van der Waals surface area (Å²) in [5.41, 5.74) is 4.18. The van der Waals surface area contributed by atoms with E-state index in [1.807, 2.05) is 24.3 Å². The van der Waals surface area contributed by atoms with E-state index in [-0.39, 0.29) is 17.8 Å². The molecule has 3 aromatic carbocycles. The Kier molecular flexibility index (Phi) is 6.02. The van der Waals surface area contributed by atoms with E-state index in [9.17, 15) is 8.78 Å². The van der Waals surface area contributed by atoms with Gasteiger partial charge in [0, 0.05) is 31.7 Å². The van der Waals surface area contributed by atoms with Crippen molar-refractivity contribution < 1.29 is 8.78 Å². The van der Waals surface area contributed by atoms with Crippen LogP contribution >= 0.6 is 0 Å². The minimum absolute atomic E-state index is 0.156. The normalized spacial score (nSPS) is 18.1. The quantitative estimate of drug-likeness (QED) is 0.551. The van der Waals surface area contributed by atoms with Crippen LogP contribution in [0.15, 0.2) is 72.8 Å². The van der Waals surface area contributed by atoms with Gasteiger partial charge in [-0.1, -0.05) is 60.2 Å². The van der Waals surface area contributed by atoms with Crippen molar-refractivity contribution in [3.8, 4) is 0 Å². The molecule has 0 aromatic heterocycles. The monoisotopic (exact) mass is 392 g/mol. The molecule has 150 valence electrons. The van der Waals surface area contributed by atoms with Crippen LogP contribution in [0.2, 0.25) is 0 Å². The molecule has 0 N–H and O–H groups in total. The number of benzene rings is 3. The first kappa shape index (κ1) is 19.7. The fourth-order valence-electron chi connectivity index (χ4n) is 4.11. The highest BCUT2D eigenvalue weighted by molar-refractivity contribution is 5.25. The summed E-state index contributed by atoms with van der Waals surface area (Å²) in [6.45, 7) is 5.29. The zero-order valence-electron chi connectivity index (χ0n) is 16.7. The molecule has 4 rings (SSSR count). The molecule has 0 unspecified atom stereocenters. The smallest absolute Gasteiger partial charge is 0.129 e. The summed E-state index contributed by atoms with van der Waals surface area (Å²) in [7, 11) is 0. The molecule has 2 nitrogen and oxygen atoms in total. The highest BCUT2D eigenvalue weighted by Gasteiger charge is 2.32. The van der Waals surface area contributed by atoms with Crippen LogP contribution < -0.4 is 0 Å². The molecule has 0 spiro atoms. The van der Waals surface area contributed by atoms with Crippen molar-refractivity contribution in [2.45, 2.75) is 32.6 Å². The molecule has 1 saturated heterocycles. The van der Waals surface area contributed by atoms with Gasteiger partial charge >= 0.3 is 0 Å². The second kappa shape index (κ2) is 8.85. The molecule has 3 aromatic rings. The second-order valence-electron chi connectivity index (χ2n) is 7.80. The number of hydrogen-bond acceptors (Lipinski definition) is 2. The van der Waals surface area contributed by atoms with Gasteiger partial charge in [0.25, 0.3) is 0 Å². The van der Waals surface area contributed by atoms with E-state index in [0.29, 0.717) is 12.1 Å².